The summed E-state index contributed by atoms with van der Waals surface area (Å²) in [5.74, 6) is 0.628. The molecule has 0 fully saturated rings. The normalized spacial score (nSPS) is 21.7. The maximum atomic E-state index is 3.82. The van der Waals surface area contributed by atoms with Crippen LogP contribution in [0.25, 0.3) is 0 Å². The highest BCUT2D eigenvalue weighted by molar-refractivity contribution is 5.19. The second-order valence-corrected chi connectivity index (χ2v) is 5.28. The Bertz CT molecular complexity index is 353. The fourth-order valence-electron chi connectivity index (χ4n) is 2.53. The van der Waals surface area contributed by atoms with E-state index < -0.39 is 0 Å². The standard InChI is InChI=1S/C16H23N/c1-13(2)16(14-9-5-3-6-10-14)17-15-11-7-4-8-12-15/h3-7,9-10,13,15-17H,8,11-12H2,1-2H3. The summed E-state index contributed by atoms with van der Waals surface area (Å²) in [6.45, 7) is 4.59. The van der Waals surface area contributed by atoms with Gasteiger partial charge in [-0.25, -0.2) is 0 Å². The third kappa shape index (κ3) is 3.44. The van der Waals surface area contributed by atoms with Gasteiger partial charge in [-0.3, -0.25) is 0 Å². The molecule has 2 unspecified atom stereocenters. The third-order valence-corrected chi connectivity index (χ3v) is 3.51. The summed E-state index contributed by atoms with van der Waals surface area (Å²) in [7, 11) is 0. The zero-order chi connectivity index (χ0) is 12.1. The second kappa shape index (κ2) is 6.02. The van der Waals surface area contributed by atoms with Gasteiger partial charge in [0.15, 0.2) is 0 Å². The van der Waals surface area contributed by atoms with Gasteiger partial charge in [-0.15, -0.1) is 0 Å². The van der Waals surface area contributed by atoms with Gasteiger partial charge in [0.05, 0.1) is 0 Å². The average Bonchev–Trinajstić information content (AvgIpc) is 2.38. The van der Waals surface area contributed by atoms with Crippen molar-refractivity contribution in [2.45, 2.75) is 45.2 Å². The van der Waals surface area contributed by atoms with Crippen LogP contribution in [-0.2, 0) is 0 Å². The minimum Gasteiger partial charge on any atom is -0.307 e. The minimum atomic E-state index is 0.479. The number of hydrogen-bond donors (Lipinski definition) is 1. The summed E-state index contributed by atoms with van der Waals surface area (Å²) in [6.07, 6.45) is 8.27. The first-order valence-corrected chi connectivity index (χ1v) is 6.73. The predicted octanol–water partition coefficient (Wildman–Crippen LogP) is 4.08. The van der Waals surface area contributed by atoms with E-state index in [1.807, 2.05) is 0 Å². The Balaban J connectivity index is 2.05. The van der Waals surface area contributed by atoms with E-state index in [4.69, 9.17) is 0 Å². The average molecular weight is 229 g/mol. The topological polar surface area (TPSA) is 12.0 Å². The highest BCUT2D eigenvalue weighted by Gasteiger charge is 2.19. The molecule has 1 aliphatic carbocycles. The highest BCUT2D eigenvalue weighted by atomic mass is 15.0. The molecule has 0 saturated carbocycles. The maximum absolute atomic E-state index is 3.82. The SMILES string of the molecule is CC(C)C(NC1CC=CCC1)c1ccccc1. The van der Waals surface area contributed by atoms with Crippen molar-refractivity contribution >= 4 is 0 Å². The Morgan fingerprint density at radius 3 is 2.47 bits per heavy atom. The largest absolute Gasteiger partial charge is 0.307 e. The molecule has 0 aliphatic heterocycles. The summed E-state index contributed by atoms with van der Waals surface area (Å²) in [5.41, 5.74) is 1.41. The van der Waals surface area contributed by atoms with Crippen molar-refractivity contribution in [3.8, 4) is 0 Å². The van der Waals surface area contributed by atoms with Crippen LogP contribution in [0.5, 0.6) is 0 Å². The summed E-state index contributed by atoms with van der Waals surface area (Å²) in [5, 5.41) is 3.82. The molecule has 0 radical (unpaired) electrons. The van der Waals surface area contributed by atoms with Gasteiger partial charge in [0.2, 0.25) is 0 Å². The quantitative estimate of drug-likeness (QED) is 0.767. The van der Waals surface area contributed by atoms with Crippen LogP contribution in [0.3, 0.4) is 0 Å². The molecule has 1 heteroatoms. The number of nitrogens with one attached hydrogen (secondary N) is 1. The van der Waals surface area contributed by atoms with E-state index in [0.29, 0.717) is 18.0 Å². The van der Waals surface area contributed by atoms with Crippen molar-refractivity contribution in [2.75, 3.05) is 0 Å². The predicted molar refractivity (Wildman–Crippen MR) is 73.9 cm³/mol. The minimum absolute atomic E-state index is 0.479. The summed E-state index contributed by atoms with van der Waals surface area (Å²) in [4.78, 5) is 0. The molecule has 0 aromatic heterocycles. The molecule has 1 N–H and O–H groups in total. The molecule has 1 aromatic carbocycles. The lowest BCUT2D eigenvalue weighted by molar-refractivity contribution is 0.344. The molecular weight excluding hydrogens is 206 g/mol. The molecule has 0 spiro atoms. The number of benzene rings is 1. The summed E-state index contributed by atoms with van der Waals surface area (Å²) >= 11 is 0. The first-order valence-electron chi connectivity index (χ1n) is 6.73. The Kier molecular flexibility index (Phi) is 4.38. The van der Waals surface area contributed by atoms with Crippen LogP contribution in [0, 0.1) is 5.92 Å². The van der Waals surface area contributed by atoms with Gasteiger partial charge < -0.3 is 5.32 Å². The lowest BCUT2D eigenvalue weighted by Gasteiger charge is -2.29. The van der Waals surface area contributed by atoms with Crippen molar-refractivity contribution in [3.63, 3.8) is 0 Å². The van der Waals surface area contributed by atoms with Crippen molar-refractivity contribution < 1.29 is 0 Å². The monoisotopic (exact) mass is 229 g/mol. The molecule has 1 aliphatic rings. The Morgan fingerprint density at radius 1 is 1.12 bits per heavy atom. The molecule has 1 nitrogen and oxygen atoms in total. The van der Waals surface area contributed by atoms with E-state index in [1.54, 1.807) is 0 Å². The number of hydrogen-bond acceptors (Lipinski definition) is 1. The van der Waals surface area contributed by atoms with Crippen molar-refractivity contribution in [1.82, 2.24) is 5.32 Å². The fourth-order valence-corrected chi connectivity index (χ4v) is 2.53. The zero-order valence-electron chi connectivity index (χ0n) is 10.9. The van der Waals surface area contributed by atoms with Crippen LogP contribution in [0.15, 0.2) is 42.5 Å². The summed E-state index contributed by atoms with van der Waals surface area (Å²) in [6, 6.07) is 11.9. The van der Waals surface area contributed by atoms with Crippen LogP contribution in [0.2, 0.25) is 0 Å². The van der Waals surface area contributed by atoms with Crippen LogP contribution < -0.4 is 5.32 Å². The fraction of sp³-hybridized carbons (Fsp3) is 0.500. The molecule has 0 heterocycles. The van der Waals surface area contributed by atoms with Crippen molar-refractivity contribution in [3.05, 3.63) is 48.0 Å². The van der Waals surface area contributed by atoms with E-state index in [1.165, 1.54) is 24.8 Å². The molecular formula is C16H23N. The van der Waals surface area contributed by atoms with Gasteiger partial charge >= 0.3 is 0 Å². The van der Waals surface area contributed by atoms with E-state index in [9.17, 15) is 0 Å². The molecule has 2 atom stereocenters. The van der Waals surface area contributed by atoms with E-state index in [0.717, 1.165) is 0 Å². The van der Waals surface area contributed by atoms with Gasteiger partial charge in [0.1, 0.15) is 0 Å². The second-order valence-electron chi connectivity index (χ2n) is 5.28. The first-order chi connectivity index (χ1) is 8.27. The smallest absolute Gasteiger partial charge is 0.0345 e. The zero-order valence-corrected chi connectivity index (χ0v) is 10.9. The van der Waals surface area contributed by atoms with Crippen molar-refractivity contribution in [2.24, 2.45) is 5.92 Å². The third-order valence-electron chi connectivity index (χ3n) is 3.51. The van der Waals surface area contributed by atoms with Crippen LogP contribution in [0.4, 0.5) is 0 Å². The lowest BCUT2D eigenvalue weighted by Crippen LogP contribution is -2.35. The lowest BCUT2D eigenvalue weighted by atomic mass is 9.93. The van der Waals surface area contributed by atoms with Gasteiger partial charge in [-0.05, 0) is 30.7 Å². The first kappa shape index (κ1) is 12.4. The molecule has 1 aromatic rings. The Morgan fingerprint density at radius 2 is 1.88 bits per heavy atom. The van der Waals surface area contributed by atoms with E-state index >= 15 is 0 Å². The van der Waals surface area contributed by atoms with Crippen LogP contribution in [0.1, 0.15) is 44.7 Å². The Hall–Kier alpha value is -1.08. The molecule has 0 amide bonds. The van der Waals surface area contributed by atoms with E-state index in [-0.39, 0.29) is 0 Å². The maximum Gasteiger partial charge on any atom is 0.0345 e. The molecule has 0 saturated heterocycles. The number of allylic oxidation sites excluding steroid dienone is 1. The van der Waals surface area contributed by atoms with Gasteiger partial charge in [0, 0.05) is 12.1 Å². The van der Waals surface area contributed by atoms with Gasteiger partial charge in [-0.2, -0.15) is 0 Å². The van der Waals surface area contributed by atoms with Crippen molar-refractivity contribution in [1.29, 1.82) is 0 Å². The van der Waals surface area contributed by atoms with Crippen LogP contribution >= 0.6 is 0 Å². The summed E-state index contributed by atoms with van der Waals surface area (Å²) < 4.78 is 0. The highest BCUT2D eigenvalue weighted by Crippen LogP contribution is 2.24. The number of rotatable bonds is 4. The van der Waals surface area contributed by atoms with Gasteiger partial charge in [-0.1, -0.05) is 56.3 Å². The van der Waals surface area contributed by atoms with Gasteiger partial charge in [0.25, 0.3) is 0 Å². The van der Waals surface area contributed by atoms with E-state index in [2.05, 4.69) is 61.6 Å². The van der Waals surface area contributed by atoms with Crippen LogP contribution in [-0.4, -0.2) is 6.04 Å². The molecule has 0 bridgehead atoms. The Labute approximate surface area is 105 Å². The molecule has 2 rings (SSSR count). The molecule has 92 valence electrons. The molecule has 17 heavy (non-hydrogen) atoms.